The smallest absolute Gasteiger partial charge is 0.240 e. The lowest BCUT2D eigenvalue weighted by molar-refractivity contribution is 0.174. The molecule has 1 aliphatic heterocycles. The van der Waals surface area contributed by atoms with Crippen LogP contribution in [0.1, 0.15) is 50.1 Å². The molecule has 0 spiro atoms. The number of hydrogen-bond acceptors (Lipinski definition) is 8. The van der Waals surface area contributed by atoms with Gasteiger partial charge in [-0.25, -0.2) is 0 Å². The maximum atomic E-state index is 5.31. The lowest BCUT2D eigenvalue weighted by Crippen LogP contribution is -2.45. The van der Waals surface area contributed by atoms with E-state index in [2.05, 4.69) is 44.3 Å². The molecule has 0 radical (unpaired) electrons. The van der Waals surface area contributed by atoms with Crippen LogP contribution in [0, 0.1) is 12.8 Å². The van der Waals surface area contributed by atoms with Gasteiger partial charge in [-0.05, 0) is 25.3 Å². The Morgan fingerprint density at radius 3 is 2.79 bits per heavy atom. The number of nitrogens with one attached hydrogen (secondary N) is 1. The van der Waals surface area contributed by atoms with Gasteiger partial charge in [0, 0.05) is 25.9 Å². The Kier molecular flexibility index (Phi) is 5.57. The van der Waals surface area contributed by atoms with Crippen LogP contribution >= 0.6 is 0 Å². The molecule has 1 N–H and O–H groups in total. The zero-order valence-electron chi connectivity index (χ0n) is 14.7. The molecule has 1 unspecified atom stereocenters. The topological polar surface area (TPSA) is 93.1 Å². The number of likely N-dealkylation sites (tertiary alicyclic amines) is 1. The van der Waals surface area contributed by atoms with Gasteiger partial charge in [0.2, 0.25) is 11.8 Å². The Balaban J connectivity index is 1.46. The summed E-state index contributed by atoms with van der Waals surface area (Å²) in [4.78, 5) is 11.1. The molecule has 0 amide bonds. The van der Waals surface area contributed by atoms with E-state index in [-0.39, 0.29) is 0 Å². The van der Waals surface area contributed by atoms with Crippen molar-refractivity contribution in [3.8, 4) is 0 Å². The molecule has 0 aromatic carbocycles. The van der Waals surface area contributed by atoms with Gasteiger partial charge in [-0.2, -0.15) is 9.97 Å². The van der Waals surface area contributed by atoms with Gasteiger partial charge in [-0.1, -0.05) is 24.2 Å². The number of nitrogens with zero attached hydrogens (tertiary/aromatic N) is 5. The van der Waals surface area contributed by atoms with Gasteiger partial charge in [0.25, 0.3) is 0 Å². The number of rotatable bonds is 7. The van der Waals surface area contributed by atoms with Crippen molar-refractivity contribution in [3.63, 3.8) is 0 Å². The number of aryl methyl sites for hydroxylation is 1. The van der Waals surface area contributed by atoms with E-state index in [1.54, 1.807) is 0 Å². The molecule has 0 bridgehead atoms. The van der Waals surface area contributed by atoms with Crippen molar-refractivity contribution in [3.05, 3.63) is 23.4 Å². The molecule has 0 aliphatic carbocycles. The summed E-state index contributed by atoms with van der Waals surface area (Å²) in [5.74, 6) is 3.36. The molecule has 8 heteroatoms. The quantitative estimate of drug-likeness (QED) is 0.818. The second-order valence-electron chi connectivity index (χ2n) is 6.89. The zero-order valence-corrected chi connectivity index (χ0v) is 14.7. The van der Waals surface area contributed by atoms with Gasteiger partial charge in [0.1, 0.15) is 0 Å². The summed E-state index contributed by atoms with van der Waals surface area (Å²) in [6.45, 7) is 9.48. The largest absolute Gasteiger partial charge is 0.340 e. The molecule has 1 saturated heterocycles. The second kappa shape index (κ2) is 7.85. The van der Waals surface area contributed by atoms with Crippen LogP contribution in [0.4, 0.5) is 0 Å². The average Bonchev–Trinajstić information content (AvgIpc) is 3.14. The van der Waals surface area contributed by atoms with Crippen LogP contribution < -0.4 is 5.32 Å². The van der Waals surface area contributed by atoms with Crippen molar-refractivity contribution in [1.82, 2.24) is 30.5 Å². The molecule has 1 atom stereocenters. The highest BCUT2D eigenvalue weighted by atomic mass is 16.5. The van der Waals surface area contributed by atoms with Crippen LogP contribution in [0.2, 0.25) is 0 Å². The van der Waals surface area contributed by atoms with E-state index in [0.29, 0.717) is 30.3 Å². The highest BCUT2D eigenvalue weighted by Crippen LogP contribution is 2.13. The molecule has 132 valence electrons. The third kappa shape index (κ3) is 4.85. The Morgan fingerprint density at radius 1 is 1.21 bits per heavy atom. The highest BCUT2D eigenvalue weighted by Gasteiger charge is 2.21. The summed E-state index contributed by atoms with van der Waals surface area (Å²) in [6, 6.07) is 0.409. The van der Waals surface area contributed by atoms with Gasteiger partial charge in [0.05, 0.1) is 13.1 Å². The Morgan fingerprint density at radius 2 is 2.04 bits per heavy atom. The third-order valence-corrected chi connectivity index (χ3v) is 4.08. The lowest BCUT2D eigenvalue weighted by atomic mass is 10.1. The van der Waals surface area contributed by atoms with Crippen LogP contribution in [-0.4, -0.2) is 44.3 Å². The van der Waals surface area contributed by atoms with Crippen molar-refractivity contribution >= 4 is 0 Å². The highest BCUT2D eigenvalue weighted by molar-refractivity contribution is 4.90. The normalized spacial score (nSPS) is 19.2. The Labute approximate surface area is 142 Å². The van der Waals surface area contributed by atoms with Crippen molar-refractivity contribution in [2.75, 3.05) is 13.1 Å². The van der Waals surface area contributed by atoms with Crippen LogP contribution in [0.3, 0.4) is 0 Å². The number of piperidine rings is 1. The van der Waals surface area contributed by atoms with Crippen molar-refractivity contribution in [1.29, 1.82) is 0 Å². The lowest BCUT2D eigenvalue weighted by Gasteiger charge is -2.32. The summed E-state index contributed by atoms with van der Waals surface area (Å²) in [5, 5.41) is 11.5. The SMILES string of the molecule is Cc1nc(CN2CCCC(NCc3nc(CC(C)C)no3)C2)no1. The summed E-state index contributed by atoms with van der Waals surface area (Å²) in [7, 11) is 0. The fraction of sp³-hybridized carbons (Fsp3) is 0.750. The molecular formula is C16H26N6O2. The molecule has 2 aromatic heterocycles. The summed E-state index contributed by atoms with van der Waals surface area (Å²) >= 11 is 0. The van der Waals surface area contributed by atoms with Crippen LogP contribution in [-0.2, 0) is 19.5 Å². The fourth-order valence-electron chi connectivity index (χ4n) is 3.01. The van der Waals surface area contributed by atoms with E-state index >= 15 is 0 Å². The minimum Gasteiger partial charge on any atom is -0.340 e. The fourth-order valence-corrected chi connectivity index (χ4v) is 3.01. The molecule has 8 nitrogen and oxygen atoms in total. The van der Waals surface area contributed by atoms with E-state index in [9.17, 15) is 0 Å². The first-order valence-corrected chi connectivity index (χ1v) is 8.65. The molecule has 1 fully saturated rings. The van der Waals surface area contributed by atoms with Gasteiger partial charge in [-0.15, -0.1) is 0 Å². The minimum atomic E-state index is 0.409. The molecular weight excluding hydrogens is 308 g/mol. The van der Waals surface area contributed by atoms with Gasteiger partial charge in [0.15, 0.2) is 11.6 Å². The molecule has 24 heavy (non-hydrogen) atoms. The van der Waals surface area contributed by atoms with Gasteiger partial charge >= 0.3 is 0 Å². The Bertz CT molecular complexity index is 638. The van der Waals surface area contributed by atoms with E-state index in [1.165, 1.54) is 0 Å². The molecule has 3 heterocycles. The maximum Gasteiger partial charge on any atom is 0.240 e. The van der Waals surface area contributed by atoms with Crippen LogP contribution in [0.5, 0.6) is 0 Å². The van der Waals surface area contributed by atoms with Crippen LogP contribution in [0.15, 0.2) is 9.05 Å². The molecule has 3 rings (SSSR count). The predicted molar refractivity (Wildman–Crippen MR) is 87.0 cm³/mol. The van der Waals surface area contributed by atoms with Crippen molar-refractivity contribution in [2.24, 2.45) is 5.92 Å². The number of hydrogen-bond donors (Lipinski definition) is 1. The zero-order chi connectivity index (χ0) is 16.9. The van der Waals surface area contributed by atoms with E-state index in [0.717, 1.165) is 50.5 Å². The number of aromatic nitrogens is 4. The second-order valence-corrected chi connectivity index (χ2v) is 6.89. The summed E-state index contributed by atoms with van der Waals surface area (Å²) in [5.41, 5.74) is 0. The molecule has 1 aliphatic rings. The monoisotopic (exact) mass is 334 g/mol. The van der Waals surface area contributed by atoms with Gasteiger partial charge in [-0.3, -0.25) is 4.90 Å². The summed E-state index contributed by atoms with van der Waals surface area (Å²) in [6.07, 6.45) is 3.15. The van der Waals surface area contributed by atoms with Gasteiger partial charge < -0.3 is 14.4 Å². The van der Waals surface area contributed by atoms with E-state index < -0.39 is 0 Å². The maximum absolute atomic E-state index is 5.31. The first-order valence-electron chi connectivity index (χ1n) is 8.65. The van der Waals surface area contributed by atoms with Crippen LogP contribution in [0.25, 0.3) is 0 Å². The van der Waals surface area contributed by atoms with Crippen molar-refractivity contribution in [2.45, 2.75) is 59.2 Å². The minimum absolute atomic E-state index is 0.409. The molecule has 2 aromatic rings. The standard InChI is InChI=1S/C16H26N6O2/c1-11(2)7-14-19-16(24-20-14)8-17-13-5-4-6-22(9-13)10-15-18-12(3)23-21-15/h11,13,17H,4-10H2,1-3H3. The van der Waals surface area contributed by atoms with E-state index in [4.69, 9.17) is 9.05 Å². The van der Waals surface area contributed by atoms with Crippen molar-refractivity contribution < 1.29 is 9.05 Å². The summed E-state index contributed by atoms with van der Waals surface area (Å²) < 4.78 is 10.3. The third-order valence-electron chi connectivity index (χ3n) is 4.08. The average molecular weight is 334 g/mol. The first-order chi connectivity index (χ1) is 11.6. The molecule has 0 saturated carbocycles. The predicted octanol–water partition coefficient (Wildman–Crippen LogP) is 1.71. The van der Waals surface area contributed by atoms with E-state index in [1.807, 2.05) is 6.92 Å². The Hall–Kier alpha value is -1.80. The first kappa shape index (κ1) is 17.0.